The molecule has 1 aliphatic rings. The van der Waals surface area contributed by atoms with E-state index in [2.05, 4.69) is 11.8 Å². The van der Waals surface area contributed by atoms with Crippen molar-refractivity contribution in [1.82, 2.24) is 4.90 Å². The van der Waals surface area contributed by atoms with Crippen molar-refractivity contribution < 1.29 is 9.90 Å². The zero-order valence-electron chi connectivity index (χ0n) is 8.31. The molecular weight excluding hydrogens is 234 g/mol. The third-order valence-corrected chi connectivity index (χ3v) is 3.99. The molecule has 1 N–H and O–H groups in total. The molecule has 0 aliphatic carbocycles. The Morgan fingerprint density at radius 1 is 1.73 bits per heavy atom. The molecule has 15 heavy (non-hydrogen) atoms. The summed E-state index contributed by atoms with van der Waals surface area (Å²) in [5.74, 6) is -0.886. The predicted octanol–water partition coefficient (Wildman–Crippen LogP) is 2.48. The summed E-state index contributed by atoms with van der Waals surface area (Å²) in [5.41, 5.74) is 1.17. The maximum Gasteiger partial charge on any atom is 0.309 e. The largest absolute Gasteiger partial charge is 0.481 e. The third-order valence-electron chi connectivity index (χ3n) is 2.88. The van der Waals surface area contributed by atoms with E-state index in [0.29, 0.717) is 13.1 Å². The molecule has 1 unspecified atom stereocenters. The van der Waals surface area contributed by atoms with Gasteiger partial charge < -0.3 is 5.11 Å². The molecule has 1 fully saturated rings. The fourth-order valence-electron chi connectivity index (χ4n) is 1.74. The van der Waals surface area contributed by atoms with Gasteiger partial charge in [-0.3, -0.25) is 9.69 Å². The third kappa shape index (κ3) is 2.17. The van der Waals surface area contributed by atoms with Gasteiger partial charge in [-0.1, -0.05) is 11.6 Å². The minimum absolute atomic E-state index is 0.193. The highest BCUT2D eigenvalue weighted by atomic mass is 35.5. The summed E-state index contributed by atoms with van der Waals surface area (Å²) >= 11 is 7.37. The van der Waals surface area contributed by atoms with Crippen LogP contribution < -0.4 is 0 Å². The smallest absolute Gasteiger partial charge is 0.309 e. The highest BCUT2D eigenvalue weighted by Gasteiger charge is 2.35. The summed E-state index contributed by atoms with van der Waals surface area (Å²) in [6.45, 7) is 3.37. The monoisotopic (exact) mass is 245 g/mol. The van der Waals surface area contributed by atoms with E-state index in [9.17, 15) is 4.79 Å². The van der Waals surface area contributed by atoms with Crippen molar-refractivity contribution in [3.63, 3.8) is 0 Å². The van der Waals surface area contributed by atoms with Crippen molar-refractivity contribution in [2.45, 2.75) is 13.0 Å². The summed E-state index contributed by atoms with van der Waals surface area (Å²) in [7, 11) is 0. The molecule has 2 rings (SSSR count). The molecule has 1 aromatic heterocycles. The van der Waals surface area contributed by atoms with Crippen LogP contribution in [0.1, 0.15) is 18.5 Å². The van der Waals surface area contributed by atoms with Gasteiger partial charge in [-0.25, -0.2) is 0 Å². The summed E-state index contributed by atoms with van der Waals surface area (Å²) in [6, 6.07) is 2.22. The molecular formula is C10H12ClNO2S. The van der Waals surface area contributed by atoms with Gasteiger partial charge in [0.15, 0.2) is 0 Å². The fraction of sp³-hybridized carbons (Fsp3) is 0.500. The molecule has 2 heterocycles. The van der Waals surface area contributed by atoms with E-state index in [1.54, 1.807) is 0 Å². The molecule has 0 saturated carbocycles. The highest BCUT2D eigenvalue weighted by Crippen LogP contribution is 2.32. The Kier molecular flexibility index (Phi) is 3.00. The zero-order valence-corrected chi connectivity index (χ0v) is 9.88. The lowest BCUT2D eigenvalue weighted by atomic mass is 9.96. The lowest BCUT2D eigenvalue weighted by molar-refractivity contribution is -0.148. The molecule has 0 amide bonds. The second-order valence-corrected chi connectivity index (χ2v) is 5.39. The summed E-state index contributed by atoms with van der Waals surface area (Å²) in [4.78, 5) is 12.8. The molecule has 1 atom stereocenters. The van der Waals surface area contributed by atoms with E-state index in [-0.39, 0.29) is 12.0 Å². The van der Waals surface area contributed by atoms with E-state index >= 15 is 0 Å². The minimum atomic E-state index is -0.693. The number of rotatable bonds is 3. The Morgan fingerprint density at radius 2 is 2.40 bits per heavy atom. The van der Waals surface area contributed by atoms with Crippen molar-refractivity contribution >= 4 is 28.9 Å². The van der Waals surface area contributed by atoms with E-state index in [0.717, 1.165) is 4.34 Å². The van der Waals surface area contributed by atoms with Gasteiger partial charge in [0.25, 0.3) is 0 Å². The quantitative estimate of drug-likeness (QED) is 0.890. The predicted molar refractivity (Wildman–Crippen MR) is 60.4 cm³/mol. The van der Waals surface area contributed by atoms with E-state index in [1.807, 2.05) is 11.4 Å². The first kappa shape index (κ1) is 10.9. The second kappa shape index (κ2) is 4.12. The Hall–Kier alpha value is -0.580. The lowest BCUT2D eigenvalue weighted by Gasteiger charge is -2.40. The molecule has 0 bridgehead atoms. The van der Waals surface area contributed by atoms with Crippen molar-refractivity contribution in [1.29, 1.82) is 0 Å². The van der Waals surface area contributed by atoms with Crippen LogP contribution in [0, 0.1) is 5.92 Å². The summed E-state index contributed by atoms with van der Waals surface area (Å²) in [6.07, 6.45) is 0. The first-order valence-electron chi connectivity index (χ1n) is 4.78. The van der Waals surface area contributed by atoms with E-state index < -0.39 is 5.97 Å². The maximum atomic E-state index is 10.6. The van der Waals surface area contributed by atoms with Crippen LogP contribution in [0.2, 0.25) is 4.34 Å². The molecule has 0 radical (unpaired) electrons. The minimum Gasteiger partial charge on any atom is -0.481 e. The van der Waals surface area contributed by atoms with Crippen molar-refractivity contribution in [3.05, 3.63) is 21.3 Å². The number of hydrogen-bond donors (Lipinski definition) is 1. The van der Waals surface area contributed by atoms with Gasteiger partial charge in [0, 0.05) is 19.1 Å². The van der Waals surface area contributed by atoms with Gasteiger partial charge in [0.05, 0.1) is 10.3 Å². The normalized spacial score (nSPS) is 19.9. The Balaban J connectivity index is 1.94. The number of aliphatic carboxylic acids is 1. The highest BCUT2D eigenvalue weighted by molar-refractivity contribution is 7.14. The van der Waals surface area contributed by atoms with Crippen molar-refractivity contribution in [2.75, 3.05) is 13.1 Å². The number of likely N-dealkylation sites (tertiary alicyclic amines) is 1. The van der Waals surface area contributed by atoms with Crippen molar-refractivity contribution in [3.8, 4) is 0 Å². The Bertz CT molecular complexity index is 373. The van der Waals surface area contributed by atoms with Gasteiger partial charge in [-0.2, -0.15) is 0 Å². The SMILES string of the molecule is CC(c1csc(Cl)c1)N1CC(C(=O)O)C1. The molecule has 1 aliphatic heterocycles. The maximum absolute atomic E-state index is 10.6. The van der Waals surface area contributed by atoms with Gasteiger partial charge in [-0.15, -0.1) is 11.3 Å². The molecule has 0 spiro atoms. The first-order valence-corrected chi connectivity index (χ1v) is 6.04. The summed E-state index contributed by atoms with van der Waals surface area (Å²) in [5, 5.41) is 10.8. The first-order chi connectivity index (χ1) is 7.08. The van der Waals surface area contributed by atoms with Crippen LogP contribution in [0.15, 0.2) is 11.4 Å². The molecule has 1 saturated heterocycles. The molecule has 3 nitrogen and oxygen atoms in total. The topological polar surface area (TPSA) is 40.5 Å². The Morgan fingerprint density at radius 3 is 2.87 bits per heavy atom. The van der Waals surface area contributed by atoms with Crippen LogP contribution in [0.3, 0.4) is 0 Å². The van der Waals surface area contributed by atoms with Crippen LogP contribution in [0.25, 0.3) is 0 Å². The number of hydrogen-bond acceptors (Lipinski definition) is 3. The van der Waals surface area contributed by atoms with Gasteiger partial charge >= 0.3 is 5.97 Å². The number of halogens is 1. The van der Waals surface area contributed by atoms with Crippen LogP contribution in [-0.4, -0.2) is 29.1 Å². The number of carbonyl (C=O) groups is 1. The number of carboxylic acids is 1. The van der Waals surface area contributed by atoms with Crippen LogP contribution in [-0.2, 0) is 4.79 Å². The van der Waals surface area contributed by atoms with Gasteiger partial charge in [0.2, 0.25) is 0 Å². The van der Waals surface area contributed by atoms with Crippen LogP contribution >= 0.6 is 22.9 Å². The average Bonchev–Trinajstić information content (AvgIpc) is 2.48. The number of thiophene rings is 1. The molecule has 82 valence electrons. The number of nitrogens with zero attached hydrogens (tertiary/aromatic N) is 1. The van der Waals surface area contributed by atoms with E-state index in [4.69, 9.17) is 16.7 Å². The standard InChI is InChI=1S/C10H12ClNO2S/c1-6(7-2-9(11)15-5-7)12-3-8(4-12)10(13)14/h2,5-6,8H,3-4H2,1H3,(H,13,14). The zero-order chi connectivity index (χ0) is 11.0. The fourth-order valence-corrected chi connectivity index (χ4v) is 2.72. The Labute approximate surface area is 97.3 Å². The average molecular weight is 246 g/mol. The van der Waals surface area contributed by atoms with Crippen LogP contribution in [0.4, 0.5) is 0 Å². The molecule has 0 aromatic carbocycles. The van der Waals surface area contributed by atoms with Gasteiger partial charge in [-0.05, 0) is 23.9 Å². The molecule has 1 aromatic rings. The van der Waals surface area contributed by atoms with Crippen LogP contribution in [0.5, 0.6) is 0 Å². The second-order valence-electron chi connectivity index (χ2n) is 3.85. The summed E-state index contributed by atoms with van der Waals surface area (Å²) < 4.78 is 0.784. The van der Waals surface area contributed by atoms with Crippen molar-refractivity contribution in [2.24, 2.45) is 5.92 Å². The van der Waals surface area contributed by atoms with Gasteiger partial charge in [0.1, 0.15) is 0 Å². The lowest BCUT2D eigenvalue weighted by Crippen LogP contribution is -2.51. The molecule has 5 heteroatoms. The number of carboxylic acid groups (broad SMARTS) is 1. The van der Waals surface area contributed by atoms with E-state index in [1.165, 1.54) is 16.9 Å².